The molecule has 138 valence electrons. The molecule has 0 saturated carbocycles. The first kappa shape index (κ1) is 18.8. The van der Waals surface area contributed by atoms with Crippen molar-refractivity contribution in [1.82, 2.24) is 4.90 Å². The summed E-state index contributed by atoms with van der Waals surface area (Å²) in [6.45, 7) is 3.77. The number of piperazine rings is 1. The normalized spacial score (nSPS) is 15.0. The molecule has 3 rings (SSSR count). The van der Waals surface area contributed by atoms with Crippen molar-refractivity contribution in [1.29, 1.82) is 0 Å². The zero-order valence-electron chi connectivity index (χ0n) is 14.5. The summed E-state index contributed by atoms with van der Waals surface area (Å²) in [5, 5.41) is 3.89. The minimum atomic E-state index is -0.270. The molecule has 2 aromatic carbocycles. The number of ether oxygens (including phenoxy) is 1. The molecular weight excluding hydrogens is 373 g/mol. The Bertz CT molecular complexity index is 777. The van der Waals surface area contributed by atoms with E-state index in [1.54, 1.807) is 30.3 Å². The molecule has 7 heteroatoms. The van der Waals surface area contributed by atoms with Crippen LogP contribution in [0.25, 0.3) is 0 Å². The highest BCUT2D eigenvalue weighted by Crippen LogP contribution is 2.29. The predicted molar refractivity (Wildman–Crippen MR) is 107 cm³/mol. The third-order valence-corrected chi connectivity index (χ3v) is 4.89. The van der Waals surface area contributed by atoms with Gasteiger partial charge in [-0.05, 0) is 37.4 Å². The van der Waals surface area contributed by atoms with Crippen LogP contribution in [0.4, 0.5) is 11.4 Å². The lowest BCUT2D eigenvalue weighted by Crippen LogP contribution is -2.44. The number of carbonyl (C=O) groups is 1. The molecule has 0 bridgehead atoms. The minimum absolute atomic E-state index is 0.123. The van der Waals surface area contributed by atoms with Crippen molar-refractivity contribution in [2.75, 3.05) is 50.1 Å². The van der Waals surface area contributed by atoms with Crippen molar-refractivity contribution >= 4 is 40.5 Å². The van der Waals surface area contributed by atoms with Crippen LogP contribution in [0.1, 0.15) is 0 Å². The smallest absolute Gasteiger partial charge is 0.262 e. The van der Waals surface area contributed by atoms with E-state index in [0.717, 1.165) is 31.9 Å². The molecule has 1 aliphatic rings. The number of nitrogens with one attached hydrogen (secondary N) is 1. The molecule has 0 aromatic heterocycles. The van der Waals surface area contributed by atoms with Gasteiger partial charge in [0.1, 0.15) is 5.75 Å². The number of para-hydroxylation sites is 1. The number of carbonyl (C=O) groups excluding carboxylic acids is 1. The molecule has 1 amide bonds. The molecule has 1 fully saturated rings. The number of amides is 1. The van der Waals surface area contributed by atoms with Crippen LogP contribution in [0.15, 0.2) is 42.5 Å². The lowest BCUT2D eigenvalue weighted by Gasteiger charge is -2.34. The van der Waals surface area contributed by atoms with Crippen molar-refractivity contribution in [2.24, 2.45) is 0 Å². The van der Waals surface area contributed by atoms with Crippen molar-refractivity contribution < 1.29 is 9.53 Å². The molecule has 0 atom stereocenters. The summed E-state index contributed by atoms with van der Waals surface area (Å²) < 4.78 is 5.44. The van der Waals surface area contributed by atoms with Gasteiger partial charge in [0.05, 0.1) is 15.7 Å². The largest absolute Gasteiger partial charge is 0.482 e. The van der Waals surface area contributed by atoms with Crippen LogP contribution >= 0.6 is 23.2 Å². The Hall–Kier alpha value is -1.95. The van der Waals surface area contributed by atoms with Crippen LogP contribution in [-0.2, 0) is 4.79 Å². The van der Waals surface area contributed by atoms with E-state index in [1.165, 1.54) is 0 Å². The average molecular weight is 394 g/mol. The van der Waals surface area contributed by atoms with Gasteiger partial charge < -0.3 is 19.9 Å². The van der Waals surface area contributed by atoms with Gasteiger partial charge in [0.2, 0.25) is 0 Å². The maximum Gasteiger partial charge on any atom is 0.262 e. The van der Waals surface area contributed by atoms with E-state index in [2.05, 4.69) is 22.2 Å². The Morgan fingerprint density at radius 2 is 1.81 bits per heavy atom. The van der Waals surface area contributed by atoms with Gasteiger partial charge in [-0.2, -0.15) is 0 Å². The number of rotatable bonds is 5. The van der Waals surface area contributed by atoms with Crippen LogP contribution in [0, 0.1) is 0 Å². The van der Waals surface area contributed by atoms with Crippen molar-refractivity contribution in [3.8, 4) is 5.75 Å². The summed E-state index contributed by atoms with van der Waals surface area (Å²) >= 11 is 12.4. The zero-order valence-corrected chi connectivity index (χ0v) is 16.1. The number of hydrogen-bond acceptors (Lipinski definition) is 4. The summed E-state index contributed by atoms with van der Waals surface area (Å²) in [4.78, 5) is 16.6. The molecule has 1 aliphatic heterocycles. The fourth-order valence-electron chi connectivity index (χ4n) is 2.79. The van der Waals surface area contributed by atoms with E-state index in [-0.39, 0.29) is 12.5 Å². The standard InChI is InChI=1S/C19H21Cl2N3O2/c1-23-8-10-24(11-9-23)17-7-6-14(12-16(17)21)22-19(25)13-26-18-5-3-2-4-15(18)20/h2-7,12H,8-11,13H2,1H3,(H,22,25). The lowest BCUT2D eigenvalue weighted by molar-refractivity contribution is -0.118. The van der Waals surface area contributed by atoms with Crippen LogP contribution in [0.2, 0.25) is 10.0 Å². The average Bonchev–Trinajstić information content (AvgIpc) is 2.62. The number of nitrogens with zero attached hydrogens (tertiary/aromatic N) is 2. The second-order valence-corrected chi connectivity index (χ2v) is 7.04. The van der Waals surface area contributed by atoms with Crippen LogP contribution < -0.4 is 15.0 Å². The molecule has 0 unspecified atom stereocenters. The molecule has 1 N–H and O–H groups in total. The van der Waals surface area contributed by atoms with Crippen molar-refractivity contribution in [3.05, 3.63) is 52.5 Å². The van der Waals surface area contributed by atoms with Gasteiger partial charge in [0.15, 0.2) is 6.61 Å². The highest BCUT2D eigenvalue weighted by molar-refractivity contribution is 6.33. The second kappa shape index (κ2) is 8.62. The van der Waals surface area contributed by atoms with E-state index < -0.39 is 0 Å². The highest BCUT2D eigenvalue weighted by atomic mass is 35.5. The Morgan fingerprint density at radius 3 is 2.50 bits per heavy atom. The maximum atomic E-state index is 12.1. The summed E-state index contributed by atoms with van der Waals surface area (Å²) in [6.07, 6.45) is 0. The summed E-state index contributed by atoms with van der Waals surface area (Å²) in [7, 11) is 2.11. The number of halogens is 2. The Balaban J connectivity index is 1.57. The number of likely N-dealkylation sites (N-methyl/N-ethyl adjacent to an activating group) is 1. The van der Waals surface area contributed by atoms with Gasteiger partial charge in [-0.15, -0.1) is 0 Å². The molecule has 2 aromatic rings. The fourth-order valence-corrected chi connectivity index (χ4v) is 3.28. The van der Waals surface area contributed by atoms with Gasteiger partial charge in [-0.25, -0.2) is 0 Å². The van der Waals surface area contributed by atoms with Gasteiger partial charge in [-0.3, -0.25) is 4.79 Å². The summed E-state index contributed by atoms with van der Waals surface area (Å²) in [5.74, 6) is 0.209. The van der Waals surface area contributed by atoms with E-state index in [9.17, 15) is 4.79 Å². The number of hydrogen-bond donors (Lipinski definition) is 1. The Morgan fingerprint density at radius 1 is 1.08 bits per heavy atom. The number of anilines is 2. The SMILES string of the molecule is CN1CCN(c2ccc(NC(=O)COc3ccccc3Cl)cc2Cl)CC1. The third-order valence-electron chi connectivity index (χ3n) is 4.27. The molecule has 0 radical (unpaired) electrons. The quantitative estimate of drug-likeness (QED) is 0.839. The van der Waals surface area contributed by atoms with Gasteiger partial charge in [0.25, 0.3) is 5.91 Å². The van der Waals surface area contributed by atoms with E-state index >= 15 is 0 Å². The van der Waals surface area contributed by atoms with Gasteiger partial charge in [-0.1, -0.05) is 35.3 Å². The van der Waals surface area contributed by atoms with Crippen molar-refractivity contribution in [2.45, 2.75) is 0 Å². The first-order valence-electron chi connectivity index (χ1n) is 8.43. The van der Waals surface area contributed by atoms with E-state index in [1.807, 2.05) is 12.1 Å². The zero-order chi connectivity index (χ0) is 18.5. The molecule has 0 aliphatic carbocycles. The molecule has 0 spiro atoms. The maximum absolute atomic E-state index is 12.1. The summed E-state index contributed by atoms with van der Waals surface area (Å²) in [5.41, 5.74) is 1.63. The third kappa shape index (κ3) is 4.81. The Kier molecular flexibility index (Phi) is 6.25. The monoisotopic (exact) mass is 393 g/mol. The highest BCUT2D eigenvalue weighted by Gasteiger charge is 2.17. The van der Waals surface area contributed by atoms with E-state index in [0.29, 0.717) is 21.5 Å². The van der Waals surface area contributed by atoms with E-state index in [4.69, 9.17) is 27.9 Å². The first-order valence-corrected chi connectivity index (χ1v) is 9.19. The molecule has 1 heterocycles. The first-order chi connectivity index (χ1) is 12.5. The molecule has 1 saturated heterocycles. The van der Waals surface area contributed by atoms with Crippen molar-refractivity contribution in [3.63, 3.8) is 0 Å². The van der Waals surface area contributed by atoms with Gasteiger partial charge in [0, 0.05) is 31.9 Å². The fraction of sp³-hybridized carbons (Fsp3) is 0.316. The van der Waals surface area contributed by atoms with Crippen LogP contribution in [-0.4, -0.2) is 50.6 Å². The molecular formula is C19H21Cl2N3O2. The second-order valence-electron chi connectivity index (χ2n) is 6.22. The van der Waals surface area contributed by atoms with Crippen LogP contribution in [0.5, 0.6) is 5.75 Å². The Labute approximate surface area is 163 Å². The van der Waals surface area contributed by atoms with Gasteiger partial charge >= 0.3 is 0 Å². The van der Waals surface area contributed by atoms with Crippen LogP contribution in [0.3, 0.4) is 0 Å². The lowest BCUT2D eigenvalue weighted by atomic mass is 10.2. The molecule has 26 heavy (non-hydrogen) atoms. The predicted octanol–water partition coefficient (Wildman–Crippen LogP) is 3.76. The number of benzene rings is 2. The summed E-state index contributed by atoms with van der Waals surface area (Å²) in [6, 6.07) is 12.6. The minimum Gasteiger partial charge on any atom is -0.482 e. The topological polar surface area (TPSA) is 44.8 Å². The molecule has 5 nitrogen and oxygen atoms in total.